The molecule has 0 amide bonds. The summed E-state index contributed by atoms with van der Waals surface area (Å²) in [6.07, 6.45) is 1.82. The average molecular weight is 343 g/mol. The standard InChI is InChI=1S/C20H17N5O/c1-12-19(13(2)26-24-12)16-9-18-20(22-10-16)23-14(3)25(18)11-15-5-7-17(21-4)8-6-15/h5-10H,11H2,1-3H3. The summed E-state index contributed by atoms with van der Waals surface area (Å²) >= 11 is 0. The van der Waals surface area contributed by atoms with E-state index in [0.29, 0.717) is 12.2 Å². The molecule has 0 fully saturated rings. The van der Waals surface area contributed by atoms with E-state index in [9.17, 15) is 0 Å². The summed E-state index contributed by atoms with van der Waals surface area (Å²) in [5.74, 6) is 1.68. The van der Waals surface area contributed by atoms with Crippen molar-refractivity contribution in [3.63, 3.8) is 0 Å². The van der Waals surface area contributed by atoms with Crippen LogP contribution in [0.2, 0.25) is 0 Å². The monoisotopic (exact) mass is 343 g/mol. The van der Waals surface area contributed by atoms with Crippen LogP contribution >= 0.6 is 0 Å². The lowest BCUT2D eigenvalue weighted by atomic mass is 10.1. The molecule has 0 spiro atoms. The third-order valence-corrected chi connectivity index (χ3v) is 4.52. The molecule has 0 unspecified atom stereocenters. The van der Waals surface area contributed by atoms with Crippen molar-refractivity contribution in [1.82, 2.24) is 19.7 Å². The van der Waals surface area contributed by atoms with Gasteiger partial charge in [-0.25, -0.2) is 14.8 Å². The van der Waals surface area contributed by atoms with E-state index in [1.165, 1.54) is 0 Å². The van der Waals surface area contributed by atoms with E-state index in [4.69, 9.17) is 11.1 Å². The third-order valence-electron chi connectivity index (χ3n) is 4.52. The van der Waals surface area contributed by atoms with Gasteiger partial charge in [0, 0.05) is 23.9 Å². The van der Waals surface area contributed by atoms with Gasteiger partial charge in [0.1, 0.15) is 11.6 Å². The van der Waals surface area contributed by atoms with Crippen LogP contribution in [-0.2, 0) is 6.54 Å². The van der Waals surface area contributed by atoms with Crippen LogP contribution in [-0.4, -0.2) is 19.7 Å². The summed E-state index contributed by atoms with van der Waals surface area (Å²) in [7, 11) is 0. The van der Waals surface area contributed by atoms with E-state index >= 15 is 0 Å². The van der Waals surface area contributed by atoms with Crippen molar-refractivity contribution in [2.75, 3.05) is 0 Å². The second-order valence-corrected chi connectivity index (χ2v) is 6.29. The first-order chi connectivity index (χ1) is 12.6. The van der Waals surface area contributed by atoms with Gasteiger partial charge >= 0.3 is 0 Å². The Bertz CT molecular complexity index is 1130. The van der Waals surface area contributed by atoms with E-state index < -0.39 is 0 Å². The zero-order valence-electron chi connectivity index (χ0n) is 14.8. The second-order valence-electron chi connectivity index (χ2n) is 6.29. The number of rotatable bonds is 3. The quantitative estimate of drug-likeness (QED) is 0.510. The normalized spacial score (nSPS) is 11.0. The van der Waals surface area contributed by atoms with Crippen molar-refractivity contribution in [2.24, 2.45) is 0 Å². The van der Waals surface area contributed by atoms with Crippen LogP contribution in [0.4, 0.5) is 5.69 Å². The summed E-state index contributed by atoms with van der Waals surface area (Å²) in [5.41, 5.74) is 6.24. The molecule has 0 atom stereocenters. The molecule has 3 heterocycles. The van der Waals surface area contributed by atoms with Crippen LogP contribution in [0.15, 0.2) is 41.1 Å². The van der Waals surface area contributed by atoms with Gasteiger partial charge in [-0.1, -0.05) is 29.4 Å². The van der Waals surface area contributed by atoms with Gasteiger partial charge in [-0.2, -0.15) is 0 Å². The van der Waals surface area contributed by atoms with Crippen LogP contribution in [0.1, 0.15) is 22.8 Å². The Morgan fingerprint density at radius 2 is 1.92 bits per heavy atom. The minimum atomic E-state index is 0.642. The number of aryl methyl sites for hydroxylation is 3. The van der Waals surface area contributed by atoms with E-state index in [1.54, 1.807) is 0 Å². The van der Waals surface area contributed by atoms with Crippen LogP contribution in [0.3, 0.4) is 0 Å². The molecule has 3 aromatic heterocycles. The van der Waals surface area contributed by atoms with Crippen molar-refractivity contribution in [3.8, 4) is 11.1 Å². The number of benzene rings is 1. The predicted octanol–water partition coefficient (Wildman–Crippen LogP) is 4.61. The van der Waals surface area contributed by atoms with E-state index in [1.807, 2.05) is 51.2 Å². The van der Waals surface area contributed by atoms with Crippen LogP contribution in [0, 0.1) is 27.3 Å². The first-order valence-electron chi connectivity index (χ1n) is 8.29. The minimum absolute atomic E-state index is 0.642. The summed E-state index contributed by atoms with van der Waals surface area (Å²) in [6.45, 7) is 13.6. The molecule has 0 bridgehead atoms. The number of imidazole rings is 1. The molecule has 0 saturated carbocycles. The van der Waals surface area contributed by atoms with Gasteiger partial charge in [0.15, 0.2) is 11.3 Å². The lowest BCUT2D eigenvalue weighted by molar-refractivity contribution is 0.393. The predicted molar refractivity (Wildman–Crippen MR) is 99.0 cm³/mol. The van der Waals surface area contributed by atoms with Crippen molar-refractivity contribution >= 4 is 16.9 Å². The number of aromatic nitrogens is 4. The van der Waals surface area contributed by atoms with Crippen molar-refractivity contribution in [1.29, 1.82) is 0 Å². The first kappa shape index (κ1) is 16.0. The summed E-state index contributed by atoms with van der Waals surface area (Å²) in [5, 5.41) is 4.03. The highest BCUT2D eigenvalue weighted by atomic mass is 16.5. The molecular weight excluding hydrogens is 326 g/mol. The highest BCUT2D eigenvalue weighted by Gasteiger charge is 2.15. The Kier molecular flexibility index (Phi) is 3.77. The Balaban J connectivity index is 1.80. The van der Waals surface area contributed by atoms with E-state index in [-0.39, 0.29) is 0 Å². The Hall–Kier alpha value is -3.46. The van der Waals surface area contributed by atoms with Gasteiger partial charge < -0.3 is 9.09 Å². The van der Waals surface area contributed by atoms with Gasteiger partial charge in [0.25, 0.3) is 0 Å². The molecular formula is C20H17N5O. The van der Waals surface area contributed by atoms with Crippen LogP contribution in [0.5, 0.6) is 0 Å². The fraction of sp³-hybridized carbons (Fsp3) is 0.200. The number of nitrogens with zero attached hydrogens (tertiary/aromatic N) is 5. The van der Waals surface area contributed by atoms with Gasteiger partial charge in [-0.3, -0.25) is 0 Å². The number of fused-ring (bicyclic) bond motifs is 1. The van der Waals surface area contributed by atoms with Gasteiger partial charge in [-0.15, -0.1) is 0 Å². The number of hydrogen-bond acceptors (Lipinski definition) is 4. The van der Waals surface area contributed by atoms with E-state index in [2.05, 4.69) is 30.6 Å². The van der Waals surface area contributed by atoms with E-state index in [0.717, 1.165) is 45.1 Å². The topological polar surface area (TPSA) is 61.1 Å². The minimum Gasteiger partial charge on any atom is -0.361 e. The molecule has 4 rings (SSSR count). The molecule has 0 N–H and O–H groups in total. The highest BCUT2D eigenvalue weighted by molar-refractivity contribution is 5.80. The molecule has 0 aliphatic carbocycles. The number of pyridine rings is 1. The Labute approximate surface area is 150 Å². The SMILES string of the molecule is [C-]#[N+]c1ccc(Cn2c(C)nc3ncc(-c4c(C)noc4C)cc32)cc1. The fourth-order valence-corrected chi connectivity index (χ4v) is 3.21. The Morgan fingerprint density at radius 3 is 2.58 bits per heavy atom. The molecule has 6 heteroatoms. The third kappa shape index (κ3) is 2.64. The molecule has 26 heavy (non-hydrogen) atoms. The summed E-state index contributed by atoms with van der Waals surface area (Å²) in [6, 6.07) is 9.71. The molecule has 0 aliphatic rings. The highest BCUT2D eigenvalue weighted by Crippen LogP contribution is 2.29. The fourth-order valence-electron chi connectivity index (χ4n) is 3.21. The zero-order valence-corrected chi connectivity index (χ0v) is 14.8. The molecule has 0 radical (unpaired) electrons. The lowest BCUT2D eigenvalue weighted by Crippen LogP contribution is -2.02. The zero-order chi connectivity index (χ0) is 18.3. The summed E-state index contributed by atoms with van der Waals surface area (Å²) < 4.78 is 7.43. The van der Waals surface area contributed by atoms with Crippen LogP contribution in [0.25, 0.3) is 27.1 Å². The first-order valence-corrected chi connectivity index (χ1v) is 8.29. The summed E-state index contributed by atoms with van der Waals surface area (Å²) in [4.78, 5) is 12.5. The Morgan fingerprint density at radius 1 is 1.15 bits per heavy atom. The van der Waals surface area contributed by atoms with Crippen molar-refractivity contribution < 1.29 is 4.52 Å². The van der Waals surface area contributed by atoms with Crippen molar-refractivity contribution in [3.05, 3.63) is 70.8 Å². The maximum atomic E-state index is 7.07. The maximum absolute atomic E-state index is 7.07. The lowest BCUT2D eigenvalue weighted by Gasteiger charge is -2.08. The molecule has 0 saturated heterocycles. The largest absolute Gasteiger partial charge is 0.361 e. The molecule has 1 aromatic carbocycles. The van der Waals surface area contributed by atoms with Crippen molar-refractivity contribution in [2.45, 2.75) is 27.3 Å². The molecule has 0 aliphatic heterocycles. The van der Waals surface area contributed by atoms with Gasteiger partial charge in [0.05, 0.1) is 17.8 Å². The average Bonchev–Trinajstić information content (AvgIpc) is 3.14. The number of hydrogen-bond donors (Lipinski definition) is 0. The maximum Gasteiger partial charge on any atom is 0.187 e. The second kappa shape index (κ2) is 6.12. The molecule has 6 nitrogen and oxygen atoms in total. The molecule has 4 aromatic rings. The molecule has 128 valence electrons. The van der Waals surface area contributed by atoms with Crippen LogP contribution < -0.4 is 0 Å². The smallest absolute Gasteiger partial charge is 0.187 e. The van der Waals surface area contributed by atoms with Gasteiger partial charge in [-0.05, 0) is 32.4 Å². The van der Waals surface area contributed by atoms with Gasteiger partial charge in [0.2, 0.25) is 0 Å².